The molecule has 0 aliphatic heterocycles. The van der Waals surface area contributed by atoms with Crippen molar-refractivity contribution in [2.45, 2.75) is 0 Å². The molecule has 0 saturated carbocycles. The summed E-state index contributed by atoms with van der Waals surface area (Å²) in [7, 11) is 1.57. The summed E-state index contributed by atoms with van der Waals surface area (Å²) in [4.78, 5) is 10.6. The van der Waals surface area contributed by atoms with Crippen molar-refractivity contribution in [1.82, 2.24) is 0 Å². The number of nitro groups is 1. The van der Waals surface area contributed by atoms with Crippen molar-refractivity contribution >= 4 is 23.0 Å². The van der Waals surface area contributed by atoms with E-state index in [2.05, 4.69) is 5.32 Å². The lowest BCUT2D eigenvalue weighted by Crippen LogP contribution is -1.99. The van der Waals surface area contributed by atoms with Crippen LogP contribution in [0.3, 0.4) is 0 Å². The Morgan fingerprint density at radius 1 is 1.30 bits per heavy atom. The molecule has 0 unspecified atom stereocenters. The molecule has 0 atom stereocenters. The van der Waals surface area contributed by atoms with Crippen LogP contribution in [0.4, 0.5) is 15.8 Å². The zero-order valence-corrected chi connectivity index (χ0v) is 11.1. The largest absolute Gasteiger partial charge is 0.448 e. The Morgan fingerprint density at radius 2 is 2.05 bits per heavy atom. The first-order valence-corrected chi connectivity index (χ1v) is 5.98. The van der Waals surface area contributed by atoms with Crippen molar-refractivity contribution in [3.63, 3.8) is 0 Å². The van der Waals surface area contributed by atoms with E-state index in [9.17, 15) is 14.5 Å². The summed E-state index contributed by atoms with van der Waals surface area (Å²) in [5, 5.41) is 13.9. The third-order valence-corrected chi connectivity index (χ3v) is 2.86. The van der Waals surface area contributed by atoms with Gasteiger partial charge in [-0.2, -0.15) is 0 Å². The SMILES string of the molecule is CNc1cccc(Oc2ccc(F)cc2Cl)c1[N+](=O)[O-]. The maximum absolute atomic E-state index is 13.0. The monoisotopic (exact) mass is 296 g/mol. The summed E-state index contributed by atoms with van der Waals surface area (Å²) >= 11 is 5.83. The van der Waals surface area contributed by atoms with Gasteiger partial charge in [0.05, 0.1) is 9.95 Å². The predicted octanol–water partition coefficient (Wildman–Crippen LogP) is 4.22. The average Bonchev–Trinajstić information content (AvgIpc) is 2.41. The maximum atomic E-state index is 13.0. The number of halogens is 2. The number of para-hydroxylation sites is 1. The molecule has 104 valence electrons. The van der Waals surface area contributed by atoms with Crippen LogP contribution >= 0.6 is 11.6 Å². The molecule has 2 aromatic carbocycles. The third kappa shape index (κ3) is 2.80. The summed E-state index contributed by atoms with van der Waals surface area (Å²) in [5.74, 6) is -0.347. The van der Waals surface area contributed by atoms with Gasteiger partial charge >= 0.3 is 5.69 Å². The Hall–Kier alpha value is -2.34. The van der Waals surface area contributed by atoms with Crippen molar-refractivity contribution in [3.8, 4) is 11.5 Å². The fourth-order valence-electron chi connectivity index (χ4n) is 1.67. The number of anilines is 1. The first kappa shape index (κ1) is 14.1. The van der Waals surface area contributed by atoms with Crippen LogP contribution in [0, 0.1) is 15.9 Å². The number of nitro benzene ring substituents is 1. The number of hydrogen-bond donors (Lipinski definition) is 1. The minimum absolute atomic E-state index is 0.0235. The van der Waals surface area contributed by atoms with Gasteiger partial charge in [0.2, 0.25) is 5.75 Å². The van der Waals surface area contributed by atoms with Crippen LogP contribution in [0.5, 0.6) is 11.5 Å². The molecule has 20 heavy (non-hydrogen) atoms. The van der Waals surface area contributed by atoms with Crippen molar-refractivity contribution in [2.75, 3.05) is 12.4 Å². The summed E-state index contributed by atoms with van der Waals surface area (Å²) in [6, 6.07) is 8.15. The Kier molecular flexibility index (Phi) is 4.05. The zero-order valence-electron chi connectivity index (χ0n) is 10.4. The second-order valence-electron chi connectivity index (χ2n) is 3.84. The van der Waals surface area contributed by atoms with E-state index in [1.165, 1.54) is 12.1 Å². The van der Waals surface area contributed by atoms with Gasteiger partial charge in [0.25, 0.3) is 0 Å². The summed E-state index contributed by atoms with van der Waals surface area (Å²) in [6.45, 7) is 0. The third-order valence-electron chi connectivity index (χ3n) is 2.56. The normalized spacial score (nSPS) is 10.2. The molecule has 0 spiro atoms. The molecule has 0 aromatic heterocycles. The smallest absolute Gasteiger partial charge is 0.334 e. The van der Waals surface area contributed by atoms with Crippen LogP contribution in [-0.2, 0) is 0 Å². The fraction of sp³-hybridized carbons (Fsp3) is 0.0769. The van der Waals surface area contributed by atoms with E-state index in [0.29, 0.717) is 5.69 Å². The van der Waals surface area contributed by atoms with Gasteiger partial charge < -0.3 is 10.1 Å². The molecule has 0 saturated heterocycles. The van der Waals surface area contributed by atoms with Crippen molar-refractivity contribution in [3.05, 3.63) is 57.4 Å². The Morgan fingerprint density at radius 3 is 2.65 bits per heavy atom. The molecule has 0 radical (unpaired) electrons. The van der Waals surface area contributed by atoms with E-state index in [4.69, 9.17) is 16.3 Å². The Bertz CT molecular complexity index is 664. The predicted molar refractivity (Wildman–Crippen MR) is 74.1 cm³/mol. The van der Waals surface area contributed by atoms with Gasteiger partial charge in [-0.05, 0) is 30.3 Å². The summed E-state index contributed by atoms with van der Waals surface area (Å²) < 4.78 is 18.4. The topological polar surface area (TPSA) is 64.4 Å². The minimum Gasteiger partial charge on any atom is -0.448 e. The molecule has 7 heteroatoms. The lowest BCUT2D eigenvalue weighted by Gasteiger charge is -2.10. The Labute approximate surface area is 119 Å². The van der Waals surface area contributed by atoms with E-state index in [0.717, 1.165) is 12.1 Å². The number of benzene rings is 2. The molecule has 0 fully saturated rings. The lowest BCUT2D eigenvalue weighted by atomic mass is 10.2. The number of nitrogens with one attached hydrogen (secondary N) is 1. The highest BCUT2D eigenvalue weighted by Gasteiger charge is 2.21. The van der Waals surface area contributed by atoms with Crippen LogP contribution in [0.2, 0.25) is 5.02 Å². The molecule has 0 aliphatic carbocycles. The van der Waals surface area contributed by atoms with Gasteiger partial charge in [-0.25, -0.2) is 4.39 Å². The number of rotatable bonds is 4. The van der Waals surface area contributed by atoms with Gasteiger partial charge in [0.15, 0.2) is 0 Å². The standard InChI is InChI=1S/C13H10ClFN2O3/c1-16-10-3-2-4-12(13(10)17(18)19)20-11-6-5-8(15)7-9(11)14/h2-7,16H,1H3. The van der Waals surface area contributed by atoms with Crippen molar-refractivity contribution in [2.24, 2.45) is 0 Å². The average molecular weight is 297 g/mol. The van der Waals surface area contributed by atoms with Crippen molar-refractivity contribution < 1.29 is 14.1 Å². The summed E-state index contributed by atoms with van der Waals surface area (Å²) in [6.07, 6.45) is 0. The number of hydrogen-bond acceptors (Lipinski definition) is 4. The van der Waals surface area contributed by atoms with Crippen LogP contribution < -0.4 is 10.1 Å². The molecule has 1 N–H and O–H groups in total. The zero-order chi connectivity index (χ0) is 14.7. The second-order valence-corrected chi connectivity index (χ2v) is 4.24. The van der Waals surface area contributed by atoms with E-state index in [1.54, 1.807) is 19.2 Å². The Balaban J connectivity index is 2.45. The van der Waals surface area contributed by atoms with E-state index < -0.39 is 10.7 Å². The lowest BCUT2D eigenvalue weighted by molar-refractivity contribution is -0.384. The van der Waals surface area contributed by atoms with Crippen LogP contribution in [-0.4, -0.2) is 12.0 Å². The first-order valence-electron chi connectivity index (χ1n) is 5.61. The number of ether oxygens (including phenoxy) is 1. The quantitative estimate of drug-likeness (QED) is 0.677. The van der Waals surface area contributed by atoms with Gasteiger partial charge in [-0.3, -0.25) is 10.1 Å². The molecule has 2 rings (SSSR count). The van der Waals surface area contributed by atoms with Crippen molar-refractivity contribution in [1.29, 1.82) is 0 Å². The van der Waals surface area contributed by atoms with E-state index in [-0.39, 0.29) is 22.2 Å². The molecule has 2 aromatic rings. The summed E-state index contributed by atoms with van der Waals surface area (Å²) in [5.41, 5.74) is 0.0983. The second kappa shape index (κ2) is 5.75. The highest BCUT2D eigenvalue weighted by atomic mass is 35.5. The van der Waals surface area contributed by atoms with Crippen LogP contribution in [0.15, 0.2) is 36.4 Å². The van der Waals surface area contributed by atoms with E-state index in [1.807, 2.05) is 0 Å². The van der Waals surface area contributed by atoms with Gasteiger partial charge in [0.1, 0.15) is 17.3 Å². The highest BCUT2D eigenvalue weighted by Crippen LogP contribution is 2.39. The minimum atomic E-state index is -0.557. The molecule has 0 bridgehead atoms. The van der Waals surface area contributed by atoms with Gasteiger partial charge in [0, 0.05) is 7.05 Å². The molecule has 0 heterocycles. The number of nitrogens with zero attached hydrogens (tertiary/aromatic N) is 1. The van der Waals surface area contributed by atoms with Gasteiger partial charge in [-0.15, -0.1) is 0 Å². The van der Waals surface area contributed by atoms with Crippen LogP contribution in [0.1, 0.15) is 0 Å². The van der Waals surface area contributed by atoms with Crippen LogP contribution in [0.25, 0.3) is 0 Å². The maximum Gasteiger partial charge on any atom is 0.334 e. The van der Waals surface area contributed by atoms with E-state index >= 15 is 0 Å². The molecular weight excluding hydrogens is 287 g/mol. The van der Waals surface area contributed by atoms with Gasteiger partial charge in [-0.1, -0.05) is 17.7 Å². The first-order chi connectivity index (χ1) is 9.52. The molecule has 5 nitrogen and oxygen atoms in total. The molecule has 0 aliphatic rings. The molecular formula is C13H10ClFN2O3. The molecule has 0 amide bonds. The fourth-order valence-corrected chi connectivity index (χ4v) is 1.88. The highest BCUT2D eigenvalue weighted by molar-refractivity contribution is 6.32.